The summed E-state index contributed by atoms with van der Waals surface area (Å²) in [6.45, 7) is 2.60. The zero-order valence-electron chi connectivity index (χ0n) is 12.7. The number of nitrogens with two attached hydrogens (primary N) is 1. The van der Waals surface area contributed by atoms with Gasteiger partial charge >= 0.3 is 0 Å². The number of rotatable bonds is 8. The molecule has 0 aliphatic carbocycles. The lowest BCUT2D eigenvalue weighted by Crippen LogP contribution is -2.44. The van der Waals surface area contributed by atoms with E-state index in [9.17, 15) is 4.79 Å². The maximum atomic E-state index is 11.3. The van der Waals surface area contributed by atoms with Gasteiger partial charge in [0.15, 0.2) is 0 Å². The van der Waals surface area contributed by atoms with E-state index in [1.807, 2.05) is 39.2 Å². The Labute approximate surface area is 121 Å². The van der Waals surface area contributed by atoms with Crippen molar-refractivity contribution in [1.29, 1.82) is 0 Å². The monoisotopic (exact) mass is 279 g/mol. The second-order valence-electron chi connectivity index (χ2n) is 5.03. The number of likely N-dealkylation sites (N-methyl/N-ethyl adjacent to an activating group) is 1. The van der Waals surface area contributed by atoms with Crippen LogP contribution in [0.4, 0.5) is 0 Å². The topological polar surface area (TPSA) is 67.6 Å². The fourth-order valence-electron chi connectivity index (χ4n) is 2.15. The predicted octanol–water partition coefficient (Wildman–Crippen LogP) is 1.15. The zero-order chi connectivity index (χ0) is 15.1. The lowest BCUT2D eigenvalue weighted by atomic mass is 10.0. The zero-order valence-corrected chi connectivity index (χ0v) is 12.7. The van der Waals surface area contributed by atoms with Crippen LogP contribution in [0.3, 0.4) is 0 Å². The molecular weight excluding hydrogens is 254 g/mol. The van der Waals surface area contributed by atoms with Gasteiger partial charge in [0.2, 0.25) is 5.91 Å². The largest absolute Gasteiger partial charge is 0.497 e. The van der Waals surface area contributed by atoms with Crippen molar-refractivity contribution in [2.24, 2.45) is 5.73 Å². The molecule has 1 rings (SSSR count). The van der Waals surface area contributed by atoms with E-state index in [2.05, 4.69) is 16.3 Å². The SMILES string of the molecule is CCC(NCC(c1cccc(OC)c1)N(C)C)C(N)=O. The Morgan fingerprint density at radius 3 is 2.65 bits per heavy atom. The van der Waals surface area contributed by atoms with E-state index in [-0.39, 0.29) is 18.0 Å². The van der Waals surface area contributed by atoms with Gasteiger partial charge in [0.1, 0.15) is 5.75 Å². The standard InChI is InChI=1S/C15H25N3O2/c1-5-13(15(16)19)17-10-14(18(2)3)11-7-6-8-12(9-11)20-4/h6-9,13-14,17H,5,10H2,1-4H3,(H2,16,19). The van der Waals surface area contributed by atoms with Crippen molar-refractivity contribution in [3.8, 4) is 5.75 Å². The van der Waals surface area contributed by atoms with Crippen molar-refractivity contribution >= 4 is 5.91 Å². The minimum absolute atomic E-state index is 0.151. The molecule has 2 unspecified atom stereocenters. The Morgan fingerprint density at radius 2 is 2.15 bits per heavy atom. The van der Waals surface area contributed by atoms with Gasteiger partial charge in [0.25, 0.3) is 0 Å². The number of nitrogens with one attached hydrogen (secondary N) is 1. The molecule has 5 nitrogen and oxygen atoms in total. The molecule has 0 bridgehead atoms. The molecule has 0 spiro atoms. The fraction of sp³-hybridized carbons (Fsp3) is 0.533. The van der Waals surface area contributed by atoms with E-state index < -0.39 is 0 Å². The molecule has 20 heavy (non-hydrogen) atoms. The molecule has 0 heterocycles. The molecule has 1 aromatic rings. The van der Waals surface area contributed by atoms with Crippen LogP contribution in [-0.2, 0) is 4.79 Å². The van der Waals surface area contributed by atoms with Crippen molar-refractivity contribution in [2.75, 3.05) is 27.7 Å². The summed E-state index contributed by atoms with van der Waals surface area (Å²) in [6, 6.07) is 7.82. The molecule has 0 radical (unpaired) electrons. The van der Waals surface area contributed by atoms with Crippen LogP contribution >= 0.6 is 0 Å². The Morgan fingerprint density at radius 1 is 1.45 bits per heavy atom. The number of carbonyl (C=O) groups is 1. The summed E-state index contributed by atoms with van der Waals surface area (Å²) in [5, 5.41) is 3.23. The van der Waals surface area contributed by atoms with Crippen molar-refractivity contribution < 1.29 is 9.53 Å². The molecule has 1 amide bonds. The molecule has 0 fully saturated rings. The second-order valence-corrected chi connectivity index (χ2v) is 5.03. The molecule has 3 N–H and O–H groups in total. The maximum Gasteiger partial charge on any atom is 0.234 e. The van der Waals surface area contributed by atoms with Crippen molar-refractivity contribution in [1.82, 2.24) is 10.2 Å². The van der Waals surface area contributed by atoms with Gasteiger partial charge in [0.05, 0.1) is 13.2 Å². The number of primary amides is 1. The quantitative estimate of drug-likeness (QED) is 0.749. The van der Waals surface area contributed by atoms with Crippen LogP contribution in [0.1, 0.15) is 24.9 Å². The van der Waals surface area contributed by atoms with Gasteiger partial charge < -0.3 is 20.7 Å². The number of ether oxygens (including phenoxy) is 1. The summed E-state index contributed by atoms with van der Waals surface area (Å²) in [5.41, 5.74) is 6.50. The number of hydrogen-bond acceptors (Lipinski definition) is 4. The van der Waals surface area contributed by atoms with Crippen LogP contribution in [0.15, 0.2) is 24.3 Å². The van der Waals surface area contributed by atoms with Gasteiger partial charge in [-0.05, 0) is 38.2 Å². The number of hydrogen-bond donors (Lipinski definition) is 2. The first-order valence-corrected chi connectivity index (χ1v) is 6.82. The average molecular weight is 279 g/mol. The minimum atomic E-state index is -0.310. The highest BCUT2D eigenvalue weighted by molar-refractivity contribution is 5.79. The summed E-state index contributed by atoms with van der Waals surface area (Å²) < 4.78 is 5.26. The lowest BCUT2D eigenvalue weighted by molar-refractivity contribution is -0.120. The average Bonchev–Trinajstić information content (AvgIpc) is 2.42. The van der Waals surface area contributed by atoms with Crippen LogP contribution in [-0.4, -0.2) is 44.6 Å². The van der Waals surface area contributed by atoms with Crippen molar-refractivity contribution in [2.45, 2.75) is 25.4 Å². The Balaban J connectivity index is 2.81. The van der Waals surface area contributed by atoms with E-state index in [0.29, 0.717) is 13.0 Å². The molecule has 0 aliphatic rings. The Hall–Kier alpha value is -1.59. The molecule has 2 atom stereocenters. The fourth-order valence-corrected chi connectivity index (χ4v) is 2.15. The van der Waals surface area contributed by atoms with Crippen LogP contribution in [0.2, 0.25) is 0 Å². The molecule has 0 aromatic heterocycles. The third kappa shape index (κ3) is 4.51. The molecule has 5 heteroatoms. The predicted molar refractivity (Wildman–Crippen MR) is 80.7 cm³/mol. The first-order valence-electron chi connectivity index (χ1n) is 6.82. The second kappa shape index (κ2) is 7.87. The first kappa shape index (κ1) is 16.5. The highest BCUT2D eigenvalue weighted by Gasteiger charge is 2.18. The van der Waals surface area contributed by atoms with E-state index in [4.69, 9.17) is 10.5 Å². The van der Waals surface area contributed by atoms with Gasteiger partial charge in [0, 0.05) is 12.6 Å². The summed E-state index contributed by atoms with van der Waals surface area (Å²) in [4.78, 5) is 13.4. The summed E-state index contributed by atoms with van der Waals surface area (Å²) in [7, 11) is 5.68. The molecule has 0 saturated carbocycles. The van der Waals surface area contributed by atoms with E-state index in [0.717, 1.165) is 11.3 Å². The van der Waals surface area contributed by atoms with E-state index in [1.165, 1.54) is 0 Å². The Kier molecular flexibility index (Phi) is 6.48. The summed E-state index contributed by atoms with van der Waals surface area (Å²) >= 11 is 0. The molecular formula is C15H25N3O2. The summed E-state index contributed by atoms with van der Waals surface area (Å²) in [6.07, 6.45) is 0.688. The van der Waals surface area contributed by atoms with Crippen LogP contribution in [0.5, 0.6) is 5.75 Å². The normalized spacial score (nSPS) is 14.1. The third-order valence-electron chi connectivity index (χ3n) is 3.41. The van der Waals surface area contributed by atoms with Crippen LogP contribution in [0.25, 0.3) is 0 Å². The van der Waals surface area contributed by atoms with Crippen LogP contribution < -0.4 is 15.8 Å². The first-order chi connectivity index (χ1) is 9.49. The smallest absolute Gasteiger partial charge is 0.234 e. The maximum absolute atomic E-state index is 11.3. The van der Waals surface area contributed by atoms with Crippen molar-refractivity contribution in [3.63, 3.8) is 0 Å². The van der Waals surface area contributed by atoms with E-state index >= 15 is 0 Å². The number of benzene rings is 1. The molecule has 1 aromatic carbocycles. The van der Waals surface area contributed by atoms with Gasteiger partial charge in [-0.1, -0.05) is 19.1 Å². The number of nitrogens with zero attached hydrogens (tertiary/aromatic N) is 1. The van der Waals surface area contributed by atoms with Gasteiger partial charge in [-0.25, -0.2) is 0 Å². The van der Waals surface area contributed by atoms with Gasteiger partial charge in [-0.2, -0.15) is 0 Å². The van der Waals surface area contributed by atoms with Gasteiger partial charge in [-0.15, -0.1) is 0 Å². The summed E-state index contributed by atoms with van der Waals surface area (Å²) in [5.74, 6) is 0.520. The highest BCUT2D eigenvalue weighted by atomic mass is 16.5. The van der Waals surface area contributed by atoms with E-state index in [1.54, 1.807) is 7.11 Å². The molecule has 112 valence electrons. The number of methoxy groups -OCH3 is 1. The minimum Gasteiger partial charge on any atom is -0.497 e. The number of carbonyl (C=O) groups excluding carboxylic acids is 1. The lowest BCUT2D eigenvalue weighted by Gasteiger charge is -2.27. The van der Waals surface area contributed by atoms with Crippen molar-refractivity contribution in [3.05, 3.63) is 29.8 Å². The van der Waals surface area contributed by atoms with Crippen LogP contribution in [0, 0.1) is 0 Å². The highest BCUT2D eigenvalue weighted by Crippen LogP contribution is 2.22. The molecule has 0 aliphatic heterocycles. The Bertz CT molecular complexity index is 435. The third-order valence-corrected chi connectivity index (χ3v) is 3.41. The van der Waals surface area contributed by atoms with Gasteiger partial charge in [-0.3, -0.25) is 4.79 Å². The number of amides is 1. The molecule has 0 saturated heterocycles.